The summed E-state index contributed by atoms with van der Waals surface area (Å²) in [6, 6.07) is 6.93. The zero-order chi connectivity index (χ0) is 19.8. The third-order valence-corrected chi connectivity index (χ3v) is 5.47. The number of nitrogens with zero attached hydrogens (tertiary/aromatic N) is 3. The zero-order valence-electron chi connectivity index (χ0n) is 16.0. The van der Waals surface area contributed by atoms with E-state index in [1.165, 1.54) is 13.0 Å². The number of aliphatic hydroxyl groups is 1. The molecule has 1 saturated carbocycles. The standard InChI is InChI=1S/C21H23N3O4/c1-12(26)17-9-18(27)19-20(13-4-3-5-13)23-24(21(19)22-17)10-14-6-7-16(28-2)8-15(14)11-25/h6-9,13,25H,3-5,10-11H2,1-2H3,(H,22,27). The number of hydrogen-bond acceptors (Lipinski definition) is 6. The Morgan fingerprint density at radius 1 is 1.29 bits per heavy atom. The number of ketones is 1. The molecule has 0 unspecified atom stereocenters. The van der Waals surface area contributed by atoms with E-state index in [0.29, 0.717) is 29.2 Å². The van der Waals surface area contributed by atoms with Crippen molar-refractivity contribution in [3.05, 3.63) is 46.8 Å². The second-order valence-corrected chi connectivity index (χ2v) is 7.24. The number of aromatic nitrogens is 3. The van der Waals surface area contributed by atoms with E-state index < -0.39 is 0 Å². The number of Topliss-reactive ketones (excluding diaryl/α,β-unsaturated/α-hetero) is 1. The Hall–Kier alpha value is -2.93. The van der Waals surface area contributed by atoms with Crippen LogP contribution in [0, 0.1) is 0 Å². The number of aliphatic hydroxyl groups excluding tert-OH is 1. The number of methoxy groups -OCH3 is 1. The second kappa shape index (κ2) is 7.24. The summed E-state index contributed by atoms with van der Waals surface area (Å²) >= 11 is 0. The van der Waals surface area contributed by atoms with Crippen molar-refractivity contribution in [2.24, 2.45) is 0 Å². The fourth-order valence-corrected chi connectivity index (χ4v) is 3.63. The maximum absolute atomic E-state index is 11.8. The van der Waals surface area contributed by atoms with Gasteiger partial charge in [0.1, 0.15) is 17.2 Å². The first-order valence-corrected chi connectivity index (χ1v) is 9.39. The molecule has 0 radical (unpaired) electrons. The Bertz CT molecular complexity index is 1050. The highest BCUT2D eigenvalue weighted by Gasteiger charge is 2.28. The third-order valence-electron chi connectivity index (χ3n) is 5.47. The summed E-state index contributed by atoms with van der Waals surface area (Å²) in [7, 11) is 1.58. The van der Waals surface area contributed by atoms with Crippen LogP contribution in [0.1, 0.15) is 59.4 Å². The third kappa shape index (κ3) is 3.11. The summed E-state index contributed by atoms with van der Waals surface area (Å²) < 4.78 is 6.95. The van der Waals surface area contributed by atoms with Crippen LogP contribution < -0.4 is 4.74 Å². The lowest BCUT2D eigenvalue weighted by molar-refractivity contribution is 0.101. The molecule has 1 fully saturated rings. The summed E-state index contributed by atoms with van der Waals surface area (Å²) in [5, 5.41) is 25.7. The molecule has 0 spiro atoms. The maximum atomic E-state index is 11.8. The molecule has 2 heterocycles. The molecule has 3 aromatic rings. The van der Waals surface area contributed by atoms with Crippen molar-refractivity contribution in [3.63, 3.8) is 0 Å². The van der Waals surface area contributed by atoms with Crippen LogP contribution in [0.3, 0.4) is 0 Å². The molecule has 0 aliphatic heterocycles. The molecule has 1 aromatic carbocycles. The number of carbonyl (C=O) groups excluding carboxylic acids is 1. The van der Waals surface area contributed by atoms with Crippen molar-refractivity contribution in [2.75, 3.05) is 7.11 Å². The molecular weight excluding hydrogens is 358 g/mol. The molecule has 146 valence electrons. The van der Waals surface area contributed by atoms with Crippen LogP contribution in [0.25, 0.3) is 11.0 Å². The van der Waals surface area contributed by atoms with Crippen LogP contribution in [0.15, 0.2) is 24.3 Å². The first kappa shape index (κ1) is 18.4. The fraction of sp³-hybridized carbons (Fsp3) is 0.381. The number of fused-ring (bicyclic) bond motifs is 1. The van der Waals surface area contributed by atoms with Crippen molar-refractivity contribution < 1.29 is 19.7 Å². The van der Waals surface area contributed by atoms with Gasteiger partial charge in [0.15, 0.2) is 11.4 Å². The average Bonchev–Trinajstić information content (AvgIpc) is 2.99. The molecule has 7 nitrogen and oxygen atoms in total. The van der Waals surface area contributed by atoms with Crippen LogP contribution in [0.2, 0.25) is 0 Å². The molecule has 7 heteroatoms. The lowest BCUT2D eigenvalue weighted by atomic mass is 9.82. The van der Waals surface area contributed by atoms with Crippen molar-refractivity contribution in [3.8, 4) is 11.5 Å². The van der Waals surface area contributed by atoms with Gasteiger partial charge in [0.05, 0.1) is 31.3 Å². The summed E-state index contributed by atoms with van der Waals surface area (Å²) in [6.45, 7) is 1.67. The molecule has 2 N–H and O–H groups in total. The lowest BCUT2D eigenvalue weighted by Crippen LogP contribution is -2.11. The number of rotatable bonds is 6. The summed E-state index contributed by atoms with van der Waals surface area (Å²) in [6.07, 6.45) is 3.21. The number of pyridine rings is 1. The van der Waals surface area contributed by atoms with Gasteiger partial charge in [-0.3, -0.25) is 4.79 Å². The summed E-state index contributed by atoms with van der Waals surface area (Å²) in [5.41, 5.74) is 3.15. The van der Waals surface area contributed by atoms with Gasteiger partial charge >= 0.3 is 0 Å². The lowest BCUT2D eigenvalue weighted by Gasteiger charge is -2.23. The van der Waals surface area contributed by atoms with E-state index in [1.807, 2.05) is 12.1 Å². The fourth-order valence-electron chi connectivity index (χ4n) is 3.63. The summed E-state index contributed by atoms with van der Waals surface area (Å²) in [4.78, 5) is 16.3. The van der Waals surface area contributed by atoms with E-state index in [1.54, 1.807) is 17.9 Å². The van der Waals surface area contributed by atoms with E-state index in [-0.39, 0.29) is 23.8 Å². The SMILES string of the molecule is COc1ccc(Cn2nc(C3CCC3)c3c(O)cc(C(C)=O)nc32)c(CO)c1. The van der Waals surface area contributed by atoms with Crippen molar-refractivity contribution in [1.82, 2.24) is 14.8 Å². The monoisotopic (exact) mass is 381 g/mol. The highest BCUT2D eigenvalue weighted by Crippen LogP contribution is 2.41. The van der Waals surface area contributed by atoms with Gasteiger partial charge in [-0.1, -0.05) is 12.5 Å². The van der Waals surface area contributed by atoms with Crippen LogP contribution in [0.5, 0.6) is 11.5 Å². The number of hydrogen-bond donors (Lipinski definition) is 2. The van der Waals surface area contributed by atoms with Gasteiger partial charge in [-0.25, -0.2) is 9.67 Å². The Balaban J connectivity index is 1.85. The molecular formula is C21H23N3O4. The molecule has 0 atom stereocenters. The molecule has 1 aliphatic rings. The van der Waals surface area contributed by atoms with E-state index >= 15 is 0 Å². The Morgan fingerprint density at radius 3 is 2.68 bits per heavy atom. The van der Waals surface area contributed by atoms with Crippen molar-refractivity contribution in [2.45, 2.75) is 45.3 Å². The second-order valence-electron chi connectivity index (χ2n) is 7.24. The number of carbonyl (C=O) groups is 1. The highest BCUT2D eigenvalue weighted by atomic mass is 16.5. The minimum Gasteiger partial charge on any atom is -0.507 e. The predicted octanol–water partition coefficient (Wildman–Crippen LogP) is 3.16. The first-order chi connectivity index (χ1) is 13.5. The predicted molar refractivity (Wildman–Crippen MR) is 104 cm³/mol. The van der Waals surface area contributed by atoms with Gasteiger partial charge in [0, 0.05) is 18.9 Å². The van der Waals surface area contributed by atoms with E-state index in [2.05, 4.69) is 4.98 Å². The van der Waals surface area contributed by atoms with Gasteiger partial charge in [-0.2, -0.15) is 5.10 Å². The number of aromatic hydroxyl groups is 1. The van der Waals surface area contributed by atoms with Crippen LogP contribution in [-0.2, 0) is 13.2 Å². The van der Waals surface area contributed by atoms with Gasteiger partial charge in [0.2, 0.25) is 0 Å². The van der Waals surface area contributed by atoms with Crippen LogP contribution in [0.4, 0.5) is 0 Å². The van der Waals surface area contributed by atoms with Gasteiger partial charge < -0.3 is 14.9 Å². The van der Waals surface area contributed by atoms with E-state index in [9.17, 15) is 15.0 Å². The summed E-state index contributed by atoms with van der Waals surface area (Å²) in [5.74, 6) is 0.798. The Labute approximate surface area is 162 Å². The van der Waals surface area contributed by atoms with Gasteiger partial charge in [-0.15, -0.1) is 0 Å². The normalized spacial score (nSPS) is 14.2. The number of ether oxygens (including phenoxy) is 1. The topological polar surface area (TPSA) is 97.5 Å². The van der Waals surface area contributed by atoms with Gasteiger partial charge in [-0.05, 0) is 36.1 Å². The highest BCUT2D eigenvalue weighted by molar-refractivity contribution is 5.96. The zero-order valence-corrected chi connectivity index (χ0v) is 16.0. The van der Waals surface area contributed by atoms with E-state index in [4.69, 9.17) is 9.84 Å². The molecule has 1 aliphatic carbocycles. The maximum Gasteiger partial charge on any atom is 0.178 e. The molecule has 0 saturated heterocycles. The van der Waals surface area contributed by atoms with Crippen molar-refractivity contribution >= 4 is 16.8 Å². The minimum absolute atomic E-state index is 0.0421. The molecule has 0 amide bonds. The molecule has 0 bridgehead atoms. The van der Waals surface area contributed by atoms with Crippen LogP contribution >= 0.6 is 0 Å². The quantitative estimate of drug-likeness (QED) is 0.637. The average molecular weight is 381 g/mol. The number of benzene rings is 1. The molecule has 2 aromatic heterocycles. The van der Waals surface area contributed by atoms with Crippen LogP contribution in [-0.4, -0.2) is 37.9 Å². The first-order valence-electron chi connectivity index (χ1n) is 9.39. The molecule has 28 heavy (non-hydrogen) atoms. The minimum atomic E-state index is -0.212. The Kier molecular flexibility index (Phi) is 4.77. The smallest absolute Gasteiger partial charge is 0.178 e. The largest absolute Gasteiger partial charge is 0.507 e. The van der Waals surface area contributed by atoms with Crippen molar-refractivity contribution in [1.29, 1.82) is 0 Å². The molecule has 4 rings (SSSR count). The van der Waals surface area contributed by atoms with Gasteiger partial charge in [0.25, 0.3) is 0 Å². The van der Waals surface area contributed by atoms with E-state index in [0.717, 1.165) is 36.1 Å². The Morgan fingerprint density at radius 2 is 2.07 bits per heavy atom.